The van der Waals surface area contributed by atoms with E-state index in [-0.39, 0.29) is 0 Å². The first-order valence-corrected chi connectivity index (χ1v) is 4.50. The Hall–Kier alpha value is -0.198. The first-order chi connectivity index (χ1) is 4.15. The van der Waals surface area contributed by atoms with Crippen molar-refractivity contribution in [3.63, 3.8) is 0 Å². The van der Waals surface area contributed by atoms with Crippen LogP contribution in [-0.4, -0.2) is 26.5 Å². The quantitative estimate of drug-likeness (QED) is 0.575. The summed E-state index contributed by atoms with van der Waals surface area (Å²) in [7, 11) is 0. The van der Waals surface area contributed by atoms with E-state index in [9.17, 15) is 0 Å². The second-order valence-corrected chi connectivity index (χ2v) is 3.58. The smallest absolute Gasteiger partial charge is 0.249 e. The van der Waals surface area contributed by atoms with Gasteiger partial charge in [-0.2, -0.15) is 0 Å². The number of carboxylic acid groups (broad SMARTS) is 2. The predicted molar refractivity (Wildman–Crippen MR) is 34.7 cm³/mol. The van der Waals surface area contributed by atoms with E-state index in [0.29, 0.717) is 0 Å². The van der Waals surface area contributed by atoms with Gasteiger partial charge in [-0.15, -0.1) is 0 Å². The van der Waals surface area contributed by atoms with E-state index in [0.717, 1.165) is 15.2 Å². The Morgan fingerprint density at radius 2 is 1.78 bits per heavy atom. The molecule has 0 spiro atoms. The third kappa shape index (κ3) is 80.9. The molecule has 0 saturated heterocycles. The molecule has 0 atom stereocenters. The fourth-order valence-corrected chi connectivity index (χ4v) is 0.866. The fraction of sp³-hybridized carbons (Fsp3) is 0.800. The molecule has 0 heterocycles. The van der Waals surface area contributed by atoms with E-state index >= 15 is 0 Å². The molecule has 0 saturated carbocycles. The Bertz CT molecular complexity index is 59.2. The summed E-state index contributed by atoms with van der Waals surface area (Å²) in [6, 6.07) is 0. The summed E-state index contributed by atoms with van der Waals surface area (Å²) in [5, 5.41) is 18.2. The van der Waals surface area contributed by atoms with E-state index < -0.39 is 6.16 Å². The Morgan fingerprint density at radius 3 is 1.78 bits per heavy atom. The largest absolute Gasteiger partial charge is 0.565 e. The zero-order chi connectivity index (χ0) is 7.70. The summed E-state index contributed by atoms with van der Waals surface area (Å²) in [5.74, 6) is 0. The maximum Gasteiger partial charge on any atom is 0.249 e. The number of rotatable bonds is 2. The van der Waals surface area contributed by atoms with Gasteiger partial charge in [0.1, 0.15) is 0 Å². The van der Waals surface area contributed by atoms with Gasteiger partial charge in [0.2, 0.25) is 6.16 Å². The van der Waals surface area contributed by atoms with Gasteiger partial charge in [0.05, 0.1) is 0 Å². The maximum absolute atomic E-state index is 8.44. The van der Waals surface area contributed by atoms with Crippen LogP contribution in [0.5, 0.6) is 0 Å². The molecule has 0 fully saturated rings. The van der Waals surface area contributed by atoms with Crippen molar-refractivity contribution in [2.45, 2.75) is 24.4 Å². The summed E-state index contributed by atoms with van der Waals surface area (Å²) in [6.07, 6.45) is -2.08. The number of hydrogen-bond donors (Lipinski definition) is 1. The Kier molecular flexibility index (Phi) is 13.8. The zero-order valence-corrected chi connectivity index (χ0v) is 6.91. The topological polar surface area (TPSA) is 60.4 Å². The van der Waals surface area contributed by atoms with Crippen molar-refractivity contribution in [1.82, 2.24) is 0 Å². The van der Waals surface area contributed by atoms with Gasteiger partial charge in [-0.1, -0.05) is 0 Å². The van der Waals surface area contributed by atoms with Crippen LogP contribution in [0.1, 0.15) is 13.8 Å². The van der Waals surface area contributed by atoms with Crippen LogP contribution < -0.4 is 5.11 Å². The molecule has 0 amide bonds. The van der Waals surface area contributed by atoms with Crippen molar-refractivity contribution < 1.29 is 15.0 Å². The Morgan fingerprint density at radius 1 is 1.56 bits per heavy atom. The van der Waals surface area contributed by atoms with Crippen LogP contribution in [0.15, 0.2) is 0 Å². The molecular formula is C5H11AlO3. The molecule has 0 rings (SSSR count). The van der Waals surface area contributed by atoms with E-state index in [2.05, 4.69) is 13.8 Å². The normalized spacial score (nSPS) is 6.44. The maximum atomic E-state index is 8.44. The average molecular weight is 146 g/mol. The van der Waals surface area contributed by atoms with E-state index in [1.165, 1.54) is 10.6 Å². The van der Waals surface area contributed by atoms with Crippen LogP contribution in [0.4, 0.5) is 4.79 Å². The second-order valence-electron chi connectivity index (χ2n) is 1.37. The zero-order valence-electron chi connectivity index (χ0n) is 5.76. The van der Waals surface area contributed by atoms with Gasteiger partial charge in [0.25, 0.3) is 0 Å². The van der Waals surface area contributed by atoms with Crippen molar-refractivity contribution >= 4 is 21.4 Å². The van der Waals surface area contributed by atoms with Gasteiger partial charge in [0, 0.05) is 0 Å². The van der Waals surface area contributed by atoms with Gasteiger partial charge >= 0.3 is 39.6 Å². The summed E-state index contributed by atoms with van der Waals surface area (Å²) >= 11 is 0.815. The van der Waals surface area contributed by atoms with Crippen LogP contribution in [0.25, 0.3) is 0 Å². The van der Waals surface area contributed by atoms with Gasteiger partial charge < -0.3 is 15.0 Å². The first-order valence-electron chi connectivity index (χ1n) is 2.86. The SMILES string of the molecule is C[CH2][Al+][CH2]C.O=C([O-])O. The molecule has 0 radical (unpaired) electrons. The minimum atomic E-state index is -2.08. The molecule has 0 aromatic heterocycles. The van der Waals surface area contributed by atoms with Gasteiger partial charge in [-0.3, -0.25) is 0 Å². The van der Waals surface area contributed by atoms with E-state index in [1.807, 2.05) is 0 Å². The van der Waals surface area contributed by atoms with Crippen molar-refractivity contribution in [2.75, 3.05) is 0 Å². The van der Waals surface area contributed by atoms with Crippen molar-refractivity contribution in [3.8, 4) is 0 Å². The molecule has 9 heavy (non-hydrogen) atoms. The summed E-state index contributed by atoms with van der Waals surface area (Å²) in [5.41, 5.74) is 0. The molecule has 4 heteroatoms. The van der Waals surface area contributed by atoms with Gasteiger partial charge in [-0.25, -0.2) is 0 Å². The Labute approximate surface area is 61.4 Å². The van der Waals surface area contributed by atoms with Crippen molar-refractivity contribution in [2.24, 2.45) is 0 Å². The summed E-state index contributed by atoms with van der Waals surface area (Å²) in [6.45, 7) is 4.50. The van der Waals surface area contributed by atoms with Crippen LogP contribution in [-0.2, 0) is 0 Å². The van der Waals surface area contributed by atoms with Gasteiger partial charge in [0.15, 0.2) is 0 Å². The molecular weight excluding hydrogens is 135 g/mol. The molecule has 0 unspecified atom stereocenters. The minimum Gasteiger partial charge on any atom is -0.565 e. The fourth-order valence-electron chi connectivity index (χ4n) is 0.289. The molecule has 0 aliphatic carbocycles. The average Bonchev–Trinajstić information content (AvgIpc) is 1.66. The van der Waals surface area contributed by atoms with E-state index in [1.54, 1.807) is 0 Å². The van der Waals surface area contributed by atoms with Crippen LogP contribution in [0.3, 0.4) is 0 Å². The number of carbonyl (C=O) groups is 1. The summed E-state index contributed by atoms with van der Waals surface area (Å²) < 4.78 is 0. The van der Waals surface area contributed by atoms with E-state index in [4.69, 9.17) is 15.0 Å². The molecule has 0 aliphatic rings. The molecule has 0 aliphatic heterocycles. The first kappa shape index (κ1) is 11.6. The molecule has 0 aromatic rings. The molecule has 0 bridgehead atoms. The molecule has 3 nitrogen and oxygen atoms in total. The molecule has 0 aromatic carbocycles. The standard InChI is InChI=1S/2C2H5.CH2O3.Al/c2*1-2;2-1(3)4;/h2*1H2,2H3;(H2,2,3,4);/q;;;+1/p-1. The van der Waals surface area contributed by atoms with Gasteiger partial charge in [-0.05, 0) is 0 Å². The van der Waals surface area contributed by atoms with Crippen molar-refractivity contribution in [3.05, 3.63) is 0 Å². The third-order valence-corrected chi connectivity index (χ3v) is 1.73. The Balaban J connectivity index is 0. The minimum absolute atomic E-state index is 0.815. The van der Waals surface area contributed by atoms with Crippen molar-refractivity contribution in [1.29, 1.82) is 0 Å². The monoisotopic (exact) mass is 146 g/mol. The number of hydrogen-bond acceptors (Lipinski definition) is 2. The van der Waals surface area contributed by atoms with Crippen LogP contribution in [0, 0.1) is 0 Å². The molecule has 52 valence electrons. The van der Waals surface area contributed by atoms with Crippen LogP contribution in [0.2, 0.25) is 10.6 Å². The van der Waals surface area contributed by atoms with Crippen LogP contribution >= 0.6 is 0 Å². The molecule has 1 N–H and O–H groups in total. The summed E-state index contributed by atoms with van der Waals surface area (Å²) in [4.78, 5) is 8.44. The second kappa shape index (κ2) is 10.7. The predicted octanol–water partition coefficient (Wildman–Crippen LogP) is 0.455. The third-order valence-electron chi connectivity index (χ3n) is 0.577.